The molecule has 3 aromatic rings. The second kappa shape index (κ2) is 7.70. The van der Waals surface area contributed by atoms with E-state index in [1.54, 1.807) is 12.5 Å². The highest BCUT2D eigenvalue weighted by molar-refractivity contribution is 5.96. The zero-order valence-electron chi connectivity index (χ0n) is 14.4. The van der Waals surface area contributed by atoms with Gasteiger partial charge in [-0.05, 0) is 30.5 Å². The standard InChI is InChI=1S/C19H21N5O/c1-3-16-18(17(4-2)23-12-22-16)19(25)21-11-14-5-7-15(8-6-14)24-10-9-20-13-24/h5-10,12-13H,3-4,11H2,1-2H3,(H,21,25). The van der Waals surface area contributed by atoms with E-state index in [9.17, 15) is 4.79 Å². The third-order valence-electron chi connectivity index (χ3n) is 4.09. The minimum absolute atomic E-state index is 0.118. The van der Waals surface area contributed by atoms with Crippen LogP contribution >= 0.6 is 0 Å². The van der Waals surface area contributed by atoms with E-state index in [0.29, 0.717) is 24.9 Å². The largest absolute Gasteiger partial charge is 0.348 e. The Balaban J connectivity index is 1.71. The first-order valence-electron chi connectivity index (χ1n) is 8.41. The van der Waals surface area contributed by atoms with Crippen LogP contribution in [-0.2, 0) is 19.4 Å². The molecule has 0 saturated carbocycles. The number of carbonyl (C=O) groups excluding carboxylic acids is 1. The number of hydrogen-bond donors (Lipinski definition) is 1. The van der Waals surface area contributed by atoms with Gasteiger partial charge >= 0.3 is 0 Å². The van der Waals surface area contributed by atoms with Crippen LogP contribution < -0.4 is 5.32 Å². The molecule has 25 heavy (non-hydrogen) atoms. The average Bonchev–Trinajstić information content (AvgIpc) is 3.20. The highest BCUT2D eigenvalue weighted by Gasteiger charge is 2.16. The van der Waals surface area contributed by atoms with Crippen LogP contribution in [0.1, 0.15) is 41.2 Å². The van der Waals surface area contributed by atoms with Gasteiger partial charge in [0.2, 0.25) is 0 Å². The molecule has 0 aliphatic rings. The van der Waals surface area contributed by atoms with Crippen LogP contribution in [-0.4, -0.2) is 25.4 Å². The summed E-state index contributed by atoms with van der Waals surface area (Å²) >= 11 is 0. The summed E-state index contributed by atoms with van der Waals surface area (Å²) in [7, 11) is 0. The topological polar surface area (TPSA) is 72.7 Å². The van der Waals surface area contributed by atoms with Crippen LogP contribution in [0.5, 0.6) is 0 Å². The Morgan fingerprint density at radius 2 is 1.76 bits per heavy atom. The molecular weight excluding hydrogens is 314 g/mol. The molecule has 0 fully saturated rings. The Hall–Kier alpha value is -3.02. The average molecular weight is 335 g/mol. The number of imidazole rings is 1. The molecule has 0 radical (unpaired) electrons. The van der Waals surface area contributed by atoms with E-state index in [1.165, 1.54) is 6.33 Å². The molecule has 128 valence electrons. The molecule has 6 heteroatoms. The zero-order valence-corrected chi connectivity index (χ0v) is 14.4. The fourth-order valence-electron chi connectivity index (χ4n) is 2.73. The van der Waals surface area contributed by atoms with E-state index in [2.05, 4.69) is 20.3 Å². The van der Waals surface area contributed by atoms with Crippen molar-refractivity contribution in [2.24, 2.45) is 0 Å². The summed E-state index contributed by atoms with van der Waals surface area (Å²) in [6, 6.07) is 8.00. The Kier molecular flexibility index (Phi) is 5.18. The molecule has 0 spiro atoms. The Bertz CT molecular complexity index is 819. The number of carbonyl (C=O) groups is 1. The predicted molar refractivity (Wildman–Crippen MR) is 95.5 cm³/mol. The minimum atomic E-state index is -0.118. The second-order valence-corrected chi connectivity index (χ2v) is 5.67. The first-order valence-corrected chi connectivity index (χ1v) is 8.41. The maximum atomic E-state index is 12.6. The first kappa shape index (κ1) is 16.8. The van der Waals surface area contributed by atoms with E-state index in [0.717, 1.165) is 22.6 Å². The Morgan fingerprint density at radius 1 is 1.08 bits per heavy atom. The summed E-state index contributed by atoms with van der Waals surface area (Å²) in [5, 5.41) is 2.98. The van der Waals surface area contributed by atoms with Crippen LogP contribution in [0.3, 0.4) is 0 Å². The van der Waals surface area contributed by atoms with Gasteiger partial charge in [0.25, 0.3) is 5.91 Å². The summed E-state index contributed by atoms with van der Waals surface area (Å²) in [4.78, 5) is 25.2. The molecule has 1 amide bonds. The lowest BCUT2D eigenvalue weighted by atomic mass is 10.1. The fraction of sp³-hybridized carbons (Fsp3) is 0.263. The van der Waals surface area contributed by atoms with Gasteiger partial charge in [0.1, 0.15) is 6.33 Å². The van der Waals surface area contributed by atoms with Crippen molar-refractivity contribution >= 4 is 5.91 Å². The fourth-order valence-corrected chi connectivity index (χ4v) is 2.73. The number of aryl methyl sites for hydroxylation is 2. The summed E-state index contributed by atoms with van der Waals surface area (Å²) < 4.78 is 1.94. The van der Waals surface area contributed by atoms with Crippen molar-refractivity contribution in [1.82, 2.24) is 24.8 Å². The van der Waals surface area contributed by atoms with Crippen LogP contribution in [0.2, 0.25) is 0 Å². The quantitative estimate of drug-likeness (QED) is 0.752. The zero-order chi connectivity index (χ0) is 17.6. The van der Waals surface area contributed by atoms with E-state index in [4.69, 9.17) is 0 Å². The lowest BCUT2D eigenvalue weighted by Gasteiger charge is -2.12. The molecule has 1 aromatic carbocycles. The third kappa shape index (κ3) is 3.74. The predicted octanol–water partition coefficient (Wildman–Crippen LogP) is 2.72. The maximum Gasteiger partial charge on any atom is 0.255 e. The van der Waals surface area contributed by atoms with Gasteiger partial charge in [0.05, 0.1) is 23.3 Å². The van der Waals surface area contributed by atoms with E-state index >= 15 is 0 Å². The molecular formula is C19H21N5O. The van der Waals surface area contributed by atoms with Gasteiger partial charge in [0, 0.05) is 24.6 Å². The second-order valence-electron chi connectivity index (χ2n) is 5.67. The van der Waals surface area contributed by atoms with Crippen LogP contribution in [0.15, 0.2) is 49.3 Å². The normalized spacial score (nSPS) is 10.6. The smallest absolute Gasteiger partial charge is 0.255 e. The SMILES string of the molecule is CCc1ncnc(CC)c1C(=O)NCc1ccc(-n2ccnc2)cc1. The van der Waals surface area contributed by atoms with Gasteiger partial charge in [-0.3, -0.25) is 4.79 Å². The van der Waals surface area contributed by atoms with Crippen molar-refractivity contribution in [3.8, 4) is 5.69 Å². The van der Waals surface area contributed by atoms with Gasteiger partial charge in [0.15, 0.2) is 0 Å². The van der Waals surface area contributed by atoms with Crippen molar-refractivity contribution in [1.29, 1.82) is 0 Å². The molecule has 2 aromatic heterocycles. The minimum Gasteiger partial charge on any atom is -0.348 e. The molecule has 0 aliphatic carbocycles. The van der Waals surface area contributed by atoms with Crippen molar-refractivity contribution < 1.29 is 4.79 Å². The highest BCUT2D eigenvalue weighted by Crippen LogP contribution is 2.13. The van der Waals surface area contributed by atoms with Crippen LogP contribution in [0.4, 0.5) is 0 Å². The number of aromatic nitrogens is 4. The lowest BCUT2D eigenvalue weighted by Crippen LogP contribution is -2.26. The van der Waals surface area contributed by atoms with Gasteiger partial charge in [-0.2, -0.15) is 0 Å². The number of rotatable bonds is 6. The number of amides is 1. The monoisotopic (exact) mass is 335 g/mol. The Labute approximate surface area is 147 Å². The lowest BCUT2D eigenvalue weighted by molar-refractivity contribution is 0.0948. The highest BCUT2D eigenvalue weighted by atomic mass is 16.1. The van der Waals surface area contributed by atoms with Crippen LogP contribution in [0, 0.1) is 0 Å². The number of hydrogen-bond acceptors (Lipinski definition) is 4. The molecule has 0 unspecified atom stereocenters. The molecule has 0 aliphatic heterocycles. The summed E-state index contributed by atoms with van der Waals surface area (Å²) in [5.74, 6) is -0.118. The van der Waals surface area contributed by atoms with Crippen molar-refractivity contribution in [2.75, 3.05) is 0 Å². The molecule has 2 heterocycles. The van der Waals surface area contributed by atoms with E-state index < -0.39 is 0 Å². The van der Waals surface area contributed by atoms with Gasteiger partial charge in [-0.15, -0.1) is 0 Å². The van der Waals surface area contributed by atoms with Crippen molar-refractivity contribution in [3.63, 3.8) is 0 Å². The molecule has 3 rings (SSSR count). The van der Waals surface area contributed by atoms with Crippen LogP contribution in [0.25, 0.3) is 5.69 Å². The number of benzene rings is 1. The molecule has 1 N–H and O–H groups in total. The molecule has 0 atom stereocenters. The van der Waals surface area contributed by atoms with Crippen molar-refractivity contribution in [2.45, 2.75) is 33.2 Å². The molecule has 0 saturated heterocycles. The van der Waals surface area contributed by atoms with Gasteiger partial charge in [-0.25, -0.2) is 15.0 Å². The van der Waals surface area contributed by atoms with Crippen molar-refractivity contribution in [3.05, 3.63) is 71.8 Å². The van der Waals surface area contributed by atoms with E-state index in [-0.39, 0.29) is 5.91 Å². The summed E-state index contributed by atoms with van der Waals surface area (Å²) in [5.41, 5.74) is 4.26. The third-order valence-corrected chi connectivity index (χ3v) is 4.09. The first-order chi connectivity index (χ1) is 12.2. The Morgan fingerprint density at radius 3 is 2.32 bits per heavy atom. The number of nitrogens with zero attached hydrogens (tertiary/aromatic N) is 4. The van der Waals surface area contributed by atoms with Gasteiger partial charge < -0.3 is 9.88 Å². The molecule has 6 nitrogen and oxygen atoms in total. The van der Waals surface area contributed by atoms with Gasteiger partial charge in [-0.1, -0.05) is 26.0 Å². The summed E-state index contributed by atoms with van der Waals surface area (Å²) in [6.45, 7) is 4.45. The number of nitrogens with one attached hydrogen (secondary N) is 1. The molecule has 0 bridgehead atoms. The van der Waals surface area contributed by atoms with E-state index in [1.807, 2.05) is 48.9 Å². The summed E-state index contributed by atoms with van der Waals surface area (Å²) in [6.07, 6.45) is 8.33. The maximum absolute atomic E-state index is 12.6.